The lowest BCUT2D eigenvalue weighted by molar-refractivity contribution is -0.129. The van der Waals surface area contributed by atoms with E-state index in [4.69, 9.17) is 0 Å². The first-order chi connectivity index (χ1) is 12.3. The number of hydrogen-bond donors (Lipinski definition) is 0. The van der Waals surface area contributed by atoms with Crippen molar-refractivity contribution in [1.82, 2.24) is 0 Å². The van der Waals surface area contributed by atoms with Crippen LogP contribution in [0.3, 0.4) is 0 Å². The lowest BCUT2D eigenvalue weighted by Crippen LogP contribution is -2.51. The zero-order valence-corrected chi connectivity index (χ0v) is 15.7. The van der Waals surface area contributed by atoms with E-state index < -0.39 is 10.8 Å². The fourth-order valence-corrected chi connectivity index (χ4v) is 4.73. The molecule has 0 aromatic heterocycles. The molecule has 0 saturated carbocycles. The van der Waals surface area contributed by atoms with Crippen molar-refractivity contribution in [2.24, 2.45) is 10.8 Å². The van der Waals surface area contributed by atoms with Crippen molar-refractivity contribution < 1.29 is 9.59 Å². The molecule has 3 nitrogen and oxygen atoms in total. The van der Waals surface area contributed by atoms with Crippen LogP contribution in [0.25, 0.3) is 11.1 Å². The molecule has 1 aliphatic carbocycles. The first kappa shape index (κ1) is 16.8. The maximum absolute atomic E-state index is 13.5. The van der Waals surface area contributed by atoms with Gasteiger partial charge in [-0.25, -0.2) is 0 Å². The minimum atomic E-state index is -0.717. The topological polar surface area (TPSA) is 37.4 Å². The average Bonchev–Trinajstić information content (AvgIpc) is 2.63. The Hall–Kier alpha value is -2.68. The molecule has 3 heteroatoms. The molecule has 4 rings (SSSR count). The van der Waals surface area contributed by atoms with Crippen molar-refractivity contribution in [2.45, 2.75) is 27.2 Å². The van der Waals surface area contributed by atoms with Crippen LogP contribution in [0, 0.1) is 10.8 Å². The second-order valence-corrected chi connectivity index (χ2v) is 8.22. The number of hydrogen-bond acceptors (Lipinski definition) is 2. The van der Waals surface area contributed by atoms with E-state index in [-0.39, 0.29) is 11.7 Å². The van der Waals surface area contributed by atoms with Crippen LogP contribution in [-0.4, -0.2) is 18.7 Å². The number of carbonyl (C=O) groups is 2. The number of para-hydroxylation sites is 1. The van der Waals surface area contributed by atoms with E-state index in [1.54, 1.807) is 4.90 Å². The molecule has 1 amide bonds. The number of nitrogens with zero attached hydrogens (tertiary/aromatic N) is 1. The largest absolute Gasteiger partial charge is 0.314 e. The number of rotatable bonds is 1. The summed E-state index contributed by atoms with van der Waals surface area (Å²) in [7, 11) is 1.83. The molecular formula is C23H23NO2. The van der Waals surface area contributed by atoms with Crippen molar-refractivity contribution in [3.8, 4) is 0 Å². The Morgan fingerprint density at radius 2 is 1.50 bits per heavy atom. The van der Waals surface area contributed by atoms with Crippen LogP contribution >= 0.6 is 0 Å². The van der Waals surface area contributed by atoms with Gasteiger partial charge in [0.25, 0.3) is 0 Å². The van der Waals surface area contributed by atoms with Gasteiger partial charge in [-0.2, -0.15) is 0 Å². The van der Waals surface area contributed by atoms with Gasteiger partial charge in [0.15, 0.2) is 5.78 Å². The molecule has 1 unspecified atom stereocenters. The van der Waals surface area contributed by atoms with Crippen molar-refractivity contribution >= 4 is 28.5 Å². The highest BCUT2D eigenvalue weighted by Crippen LogP contribution is 2.58. The van der Waals surface area contributed by atoms with Crippen molar-refractivity contribution in [3.05, 3.63) is 65.7 Å². The number of carbonyl (C=O) groups excluding carboxylic acids is 2. The summed E-state index contributed by atoms with van der Waals surface area (Å²) in [6, 6.07) is 17.6. The molecule has 0 saturated heterocycles. The minimum Gasteiger partial charge on any atom is -0.314 e. The molecular weight excluding hydrogens is 322 g/mol. The zero-order chi connectivity index (χ0) is 18.7. The van der Waals surface area contributed by atoms with Crippen molar-refractivity contribution in [1.29, 1.82) is 0 Å². The number of fused-ring (bicyclic) bond motifs is 3. The summed E-state index contributed by atoms with van der Waals surface area (Å²) >= 11 is 0. The molecule has 0 N–H and O–H groups in total. The summed E-state index contributed by atoms with van der Waals surface area (Å²) in [5.74, 6) is 0.170. The van der Waals surface area contributed by atoms with E-state index in [0.717, 1.165) is 22.4 Å². The lowest BCUT2D eigenvalue weighted by Gasteiger charge is -2.48. The summed E-state index contributed by atoms with van der Waals surface area (Å²) in [6.45, 7) is 5.90. The Bertz CT molecular complexity index is 955. The van der Waals surface area contributed by atoms with Gasteiger partial charge in [-0.1, -0.05) is 62.4 Å². The van der Waals surface area contributed by atoms with E-state index in [0.29, 0.717) is 12.0 Å². The highest BCUT2D eigenvalue weighted by Gasteiger charge is 2.55. The third-order valence-electron chi connectivity index (χ3n) is 5.81. The van der Waals surface area contributed by atoms with Crippen LogP contribution in [-0.2, 0) is 9.59 Å². The molecule has 1 aliphatic heterocycles. The number of benzene rings is 2. The predicted octanol–water partition coefficient (Wildman–Crippen LogP) is 4.58. The second-order valence-electron chi connectivity index (χ2n) is 8.22. The summed E-state index contributed by atoms with van der Waals surface area (Å²) in [5.41, 5.74) is 3.01. The van der Waals surface area contributed by atoms with Crippen molar-refractivity contribution in [2.75, 3.05) is 11.9 Å². The first-order valence-corrected chi connectivity index (χ1v) is 9.00. The zero-order valence-electron chi connectivity index (χ0n) is 15.7. The molecule has 0 bridgehead atoms. The van der Waals surface area contributed by atoms with Crippen LogP contribution in [0.4, 0.5) is 5.69 Å². The Morgan fingerprint density at radius 1 is 0.885 bits per heavy atom. The van der Waals surface area contributed by atoms with Crippen LogP contribution in [0.5, 0.6) is 0 Å². The number of amides is 1. The molecule has 26 heavy (non-hydrogen) atoms. The highest BCUT2D eigenvalue weighted by molar-refractivity contribution is 6.35. The van der Waals surface area contributed by atoms with Gasteiger partial charge in [0.05, 0.1) is 11.1 Å². The number of allylic oxidation sites excluding steroid dienone is 1. The fraction of sp³-hybridized carbons (Fsp3) is 0.304. The monoisotopic (exact) mass is 345 g/mol. The molecule has 2 aromatic carbocycles. The van der Waals surface area contributed by atoms with Crippen molar-refractivity contribution in [3.63, 3.8) is 0 Å². The van der Waals surface area contributed by atoms with E-state index in [1.807, 2.05) is 82.4 Å². The molecule has 1 atom stereocenters. The number of anilines is 1. The lowest BCUT2D eigenvalue weighted by atomic mass is 9.57. The molecule has 1 heterocycles. The van der Waals surface area contributed by atoms with Crippen LogP contribution in [0.15, 0.2) is 54.6 Å². The van der Waals surface area contributed by atoms with E-state index >= 15 is 0 Å². The summed E-state index contributed by atoms with van der Waals surface area (Å²) in [4.78, 5) is 28.6. The molecule has 2 aromatic rings. The second kappa shape index (κ2) is 5.41. The molecule has 0 spiro atoms. The van der Waals surface area contributed by atoms with Gasteiger partial charge in [0.2, 0.25) is 5.91 Å². The number of ketones is 1. The quantitative estimate of drug-likeness (QED) is 0.759. The Morgan fingerprint density at radius 3 is 2.19 bits per heavy atom. The molecule has 132 valence electrons. The SMILES string of the molecule is CN1C(=O)C2(C)CC(C)(C)C(=O)C(c3ccccc3)=C2c2ccccc21. The summed E-state index contributed by atoms with van der Waals surface area (Å²) < 4.78 is 0. The average molecular weight is 345 g/mol. The Labute approximate surface area is 154 Å². The molecule has 0 radical (unpaired) electrons. The summed E-state index contributed by atoms with van der Waals surface area (Å²) in [6.07, 6.45) is 0.516. The standard InChI is InChI=1S/C23H23NO2/c1-22(2)14-23(3)19(18(20(22)25)15-10-6-5-7-11-15)16-12-8-9-13-17(16)24(4)21(23)26/h5-13H,14H2,1-4H3. The first-order valence-electron chi connectivity index (χ1n) is 9.00. The smallest absolute Gasteiger partial charge is 0.237 e. The van der Waals surface area contributed by atoms with Gasteiger partial charge in [0, 0.05) is 23.6 Å². The van der Waals surface area contributed by atoms with E-state index in [9.17, 15) is 9.59 Å². The van der Waals surface area contributed by atoms with Crippen LogP contribution in [0.1, 0.15) is 38.3 Å². The Kier molecular flexibility index (Phi) is 3.49. The number of Topliss-reactive ketones (excluding diaryl/α,β-unsaturated/α-hetero) is 1. The van der Waals surface area contributed by atoms with E-state index in [1.165, 1.54) is 0 Å². The normalized spacial score (nSPS) is 24.4. The summed E-state index contributed by atoms with van der Waals surface area (Å²) in [5, 5.41) is 0. The van der Waals surface area contributed by atoms with Gasteiger partial charge in [-0.05, 0) is 30.5 Å². The third kappa shape index (κ3) is 2.13. The maximum atomic E-state index is 13.5. The van der Waals surface area contributed by atoms with Crippen LogP contribution < -0.4 is 4.90 Å². The highest BCUT2D eigenvalue weighted by atomic mass is 16.2. The minimum absolute atomic E-state index is 0.0557. The molecule has 2 aliphatic rings. The van der Waals surface area contributed by atoms with Gasteiger partial charge in [-0.3, -0.25) is 9.59 Å². The van der Waals surface area contributed by atoms with Crippen LogP contribution in [0.2, 0.25) is 0 Å². The third-order valence-corrected chi connectivity index (χ3v) is 5.81. The Balaban J connectivity index is 2.16. The van der Waals surface area contributed by atoms with E-state index in [2.05, 4.69) is 0 Å². The molecule has 0 fully saturated rings. The predicted molar refractivity (Wildman–Crippen MR) is 105 cm³/mol. The van der Waals surface area contributed by atoms with Gasteiger partial charge in [-0.15, -0.1) is 0 Å². The van der Waals surface area contributed by atoms with Gasteiger partial charge in [0.1, 0.15) is 0 Å². The van der Waals surface area contributed by atoms with Gasteiger partial charge >= 0.3 is 0 Å². The fourth-order valence-electron chi connectivity index (χ4n) is 4.73. The van der Waals surface area contributed by atoms with Gasteiger partial charge < -0.3 is 4.90 Å². The maximum Gasteiger partial charge on any atom is 0.237 e.